The number of nitrogens with zero attached hydrogens (tertiary/aromatic N) is 4. The topological polar surface area (TPSA) is 95.9 Å². The number of aryl methyl sites for hydroxylation is 3. The number of benzene rings is 4. The molecule has 0 saturated heterocycles. The summed E-state index contributed by atoms with van der Waals surface area (Å²) in [6.45, 7) is 7.50. The van der Waals surface area contributed by atoms with Gasteiger partial charge < -0.3 is 19.1 Å². The van der Waals surface area contributed by atoms with Crippen LogP contribution in [0.4, 0.5) is 5.69 Å². The number of anilines is 1. The molecule has 0 atom stereocenters. The summed E-state index contributed by atoms with van der Waals surface area (Å²) >= 11 is 0. The van der Waals surface area contributed by atoms with E-state index in [4.69, 9.17) is 19.6 Å². The molecule has 7 rings (SSSR count). The van der Waals surface area contributed by atoms with Crippen molar-refractivity contribution in [2.45, 2.75) is 65.8 Å². The number of nitrogens with two attached hydrogens (primary N) is 1. The van der Waals surface area contributed by atoms with Crippen LogP contribution in [0.25, 0.3) is 56.1 Å². The normalized spacial score (nSPS) is 11.3. The van der Waals surface area contributed by atoms with Gasteiger partial charge in [-0.05, 0) is 86.3 Å². The summed E-state index contributed by atoms with van der Waals surface area (Å²) in [4.78, 5) is 13.8. The maximum absolute atomic E-state index is 6.17. The van der Waals surface area contributed by atoms with Gasteiger partial charge in [-0.2, -0.15) is 0 Å². The number of fused-ring (bicyclic) bond motifs is 3. The monoisotopic (exact) mass is 585 g/mol. The average molecular weight is 586 g/mol. The van der Waals surface area contributed by atoms with Crippen molar-refractivity contribution in [2.75, 3.05) is 5.73 Å². The Morgan fingerprint density at radius 1 is 0.659 bits per heavy atom. The van der Waals surface area contributed by atoms with E-state index in [2.05, 4.69) is 59.6 Å². The number of hydrogen-bond donors (Lipinski definition) is 1. The molecule has 0 amide bonds. The van der Waals surface area contributed by atoms with Gasteiger partial charge in [0.15, 0.2) is 11.2 Å². The predicted molar refractivity (Wildman–Crippen MR) is 179 cm³/mol. The van der Waals surface area contributed by atoms with Crippen molar-refractivity contribution in [2.24, 2.45) is 0 Å². The fourth-order valence-corrected chi connectivity index (χ4v) is 5.49. The summed E-state index contributed by atoms with van der Waals surface area (Å²) < 4.78 is 13.9. The number of hydrogen-bond acceptors (Lipinski definition) is 6. The number of aromatic nitrogens is 4. The minimum Gasteiger partial charge on any atom is -0.436 e. The molecule has 0 radical (unpaired) electrons. The van der Waals surface area contributed by atoms with Crippen molar-refractivity contribution in [3.05, 3.63) is 96.3 Å². The molecule has 7 aromatic rings. The third-order valence-corrected chi connectivity index (χ3v) is 7.95. The van der Waals surface area contributed by atoms with E-state index in [0.29, 0.717) is 11.8 Å². The highest BCUT2D eigenvalue weighted by molar-refractivity contribution is 5.83. The fourth-order valence-electron chi connectivity index (χ4n) is 5.49. The molecule has 44 heavy (non-hydrogen) atoms. The van der Waals surface area contributed by atoms with Gasteiger partial charge in [-0.15, -0.1) is 0 Å². The van der Waals surface area contributed by atoms with E-state index in [1.54, 1.807) is 0 Å². The van der Waals surface area contributed by atoms with Gasteiger partial charge in [0, 0.05) is 23.4 Å². The van der Waals surface area contributed by atoms with Crippen LogP contribution >= 0.6 is 0 Å². The molecular weight excluding hydrogens is 546 g/mol. The first-order valence-corrected chi connectivity index (χ1v) is 15.6. The minimum absolute atomic E-state index is 0.628. The van der Waals surface area contributed by atoms with Gasteiger partial charge in [-0.1, -0.05) is 63.4 Å². The van der Waals surface area contributed by atoms with Crippen molar-refractivity contribution < 1.29 is 8.83 Å². The lowest BCUT2D eigenvalue weighted by molar-refractivity contribution is 0.619. The van der Waals surface area contributed by atoms with Crippen LogP contribution in [0.3, 0.4) is 0 Å². The van der Waals surface area contributed by atoms with Crippen LogP contribution in [-0.2, 0) is 13.0 Å². The van der Waals surface area contributed by atoms with E-state index in [-0.39, 0.29) is 0 Å². The van der Waals surface area contributed by atoms with Crippen LogP contribution in [0, 0.1) is 6.92 Å². The number of rotatable bonds is 9. The highest BCUT2D eigenvalue weighted by atomic mass is 16.4. The lowest BCUT2D eigenvalue weighted by atomic mass is 10.0. The van der Waals surface area contributed by atoms with Crippen molar-refractivity contribution in [1.82, 2.24) is 19.5 Å². The van der Waals surface area contributed by atoms with Gasteiger partial charge >= 0.3 is 0 Å². The summed E-state index contributed by atoms with van der Waals surface area (Å²) in [7, 11) is 0. The third kappa shape index (κ3) is 6.23. The molecule has 2 N–H and O–H groups in total. The van der Waals surface area contributed by atoms with Crippen LogP contribution in [0.1, 0.15) is 57.3 Å². The average Bonchev–Trinajstić information content (AvgIpc) is 3.75. The van der Waals surface area contributed by atoms with Crippen molar-refractivity contribution in [3.63, 3.8) is 0 Å². The smallest absolute Gasteiger partial charge is 0.227 e. The highest BCUT2D eigenvalue weighted by Gasteiger charge is 2.13. The number of oxazole rings is 2. The molecule has 0 bridgehead atoms. The first-order chi connectivity index (χ1) is 21.5. The molecule has 4 aromatic carbocycles. The quantitative estimate of drug-likeness (QED) is 0.134. The van der Waals surface area contributed by atoms with Gasteiger partial charge in [-0.3, -0.25) is 0 Å². The maximum Gasteiger partial charge on any atom is 0.227 e. The summed E-state index contributed by atoms with van der Waals surface area (Å²) in [5.74, 6) is 2.33. The zero-order valence-electron chi connectivity index (χ0n) is 25.7. The molecule has 0 saturated carbocycles. The molecule has 0 aliphatic rings. The third-order valence-electron chi connectivity index (χ3n) is 7.95. The summed E-state index contributed by atoms with van der Waals surface area (Å²) in [5.41, 5.74) is 15.6. The van der Waals surface area contributed by atoms with Gasteiger partial charge in [0.25, 0.3) is 0 Å². The number of para-hydroxylation sites is 4. The Kier molecular flexibility index (Phi) is 8.73. The van der Waals surface area contributed by atoms with Crippen molar-refractivity contribution >= 4 is 38.9 Å². The predicted octanol–water partition coefficient (Wildman–Crippen LogP) is 9.76. The largest absolute Gasteiger partial charge is 0.436 e. The molecule has 0 aliphatic carbocycles. The number of unbranched alkanes of at least 4 members (excludes halogenated alkanes) is 3. The summed E-state index contributed by atoms with van der Waals surface area (Å²) in [5, 5.41) is 0. The lowest BCUT2D eigenvalue weighted by Gasteiger charge is -2.06. The number of nitrogen functional groups attached to an aromatic ring is 1. The Labute approximate surface area is 257 Å². The van der Waals surface area contributed by atoms with Crippen molar-refractivity contribution in [3.8, 4) is 22.9 Å². The van der Waals surface area contributed by atoms with E-state index in [0.717, 1.165) is 63.3 Å². The highest BCUT2D eigenvalue weighted by Crippen LogP contribution is 2.29. The zero-order valence-corrected chi connectivity index (χ0v) is 25.7. The number of imidazole rings is 1. The molecule has 3 heterocycles. The fraction of sp³-hybridized carbons (Fsp3) is 0.270. The van der Waals surface area contributed by atoms with Gasteiger partial charge in [-0.25, -0.2) is 15.0 Å². The maximum atomic E-state index is 6.17. The molecule has 3 aromatic heterocycles. The van der Waals surface area contributed by atoms with E-state index in [9.17, 15) is 0 Å². The Bertz CT molecular complexity index is 1950. The molecular formula is C37H39N5O2. The molecule has 7 heteroatoms. The van der Waals surface area contributed by atoms with Crippen LogP contribution < -0.4 is 5.73 Å². The Balaban J connectivity index is 0.000000157. The van der Waals surface area contributed by atoms with Crippen LogP contribution in [0.2, 0.25) is 0 Å². The minimum atomic E-state index is 0.628. The molecule has 0 spiro atoms. The van der Waals surface area contributed by atoms with E-state index >= 15 is 0 Å². The van der Waals surface area contributed by atoms with E-state index in [1.807, 2.05) is 60.7 Å². The second-order valence-electron chi connectivity index (χ2n) is 11.2. The second-order valence-corrected chi connectivity index (χ2v) is 11.2. The molecule has 224 valence electrons. The Hall–Kier alpha value is -4.91. The molecule has 0 fully saturated rings. The molecule has 0 aliphatic heterocycles. The van der Waals surface area contributed by atoms with Gasteiger partial charge in [0.05, 0.1) is 11.0 Å². The van der Waals surface area contributed by atoms with Gasteiger partial charge in [0.2, 0.25) is 11.8 Å². The van der Waals surface area contributed by atoms with E-state index < -0.39 is 0 Å². The first-order valence-electron chi connectivity index (χ1n) is 15.6. The summed E-state index contributed by atoms with van der Waals surface area (Å²) in [6.07, 6.45) is 7.03. The Morgan fingerprint density at radius 2 is 1.27 bits per heavy atom. The van der Waals surface area contributed by atoms with Crippen LogP contribution in [0.5, 0.6) is 0 Å². The van der Waals surface area contributed by atoms with Gasteiger partial charge in [0.1, 0.15) is 16.9 Å². The first kappa shape index (κ1) is 29.2. The standard InChI is InChI=1S/C19H19N3O.C18H20N2O/c1-3-4-11-22-13(2)20-16-12-14(9-10-17(16)22)19-21-15-7-5-6-8-18(15)23-19;1-2-3-4-7-13-10-11-14(12-15(13)19)18-20-16-8-5-6-9-17(16)21-18/h5-10,12H,3-4,11H2,1-2H3;5-6,8-12H,2-4,7,19H2,1H3. The van der Waals surface area contributed by atoms with Crippen LogP contribution in [-0.4, -0.2) is 19.5 Å². The Morgan fingerprint density at radius 3 is 1.89 bits per heavy atom. The SMILES string of the molecule is CCCCCc1ccc(-c2nc3ccccc3o2)cc1N.CCCCn1c(C)nc2cc(-c3nc4ccccc4o3)ccc21. The van der Waals surface area contributed by atoms with E-state index in [1.165, 1.54) is 43.2 Å². The molecule has 7 nitrogen and oxygen atoms in total. The van der Waals surface area contributed by atoms with Crippen LogP contribution in [0.15, 0.2) is 93.8 Å². The zero-order chi connectivity index (χ0) is 30.5. The summed E-state index contributed by atoms with van der Waals surface area (Å²) in [6, 6.07) is 28.0. The van der Waals surface area contributed by atoms with Crippen molar-refractivity contribution in [1.29, 1.82) is 0 Å². The second kappa shape index (κ2) is 13.2. The lowest BCUT2D eigenvalue weighted by Crippen LogP contribution is -1.99. The molecule has 0 unspecified atom stereocenters.